The molecule has 0 unspecified atom stereocenters. The van der Waals surface area contributed by atoms with Crippen molar-refractivity contribution in [2.24, 2.45) is 0 Å². The average Bonchev–Trinajstić information content (AvgIpc) is 3.03. The predicted molar refractivity (Wildman–Crippen MR) is 96.1 cm³/mol. The van der Waals surface area contributed by atoms with Crippen LogP contribution in [0, 0.1) is 0 Å². The van der Waals surface area contributed by atoms with Gasteiger partial charge in [0.1, 0.15) is 0 Å². The molecule has 1 aromatic heterocycles. The van der Waals surface area contributed by atoms with Crippen molar-refractivity contribution in [3.8, 4) is 0 Å². The molecule has 0 spiro atoms. The topological polar surface area (TPSA) is 78.0 Å². The highest BCUT2D eigenvalue weighted by Gasteiger charge is 2.11. The number of para-hydroxylation sites is 2. The van der Waals surface area contributed by atoms with E-state index in [-0.39, 0.29) is 12.5 Å². The zero-order chi connectivity index (χ0) is 16.8. The Balaban J connectivity index is 1.69. The molecule has 0 aliphatic carbocycles. The van der Waals surface area contributed by atoms with Crippen LogP contribution in [0.1, 0.15) is 22.3 Å². The van der Waals surface area contributed by atoms with E-state index in [4.69, 9.17) is 5.11 Å². The Morgan fingerprint density at radius 3 is 2.79 bits per heavy atom. The molecule has 0 atom stereocenters. The summed E-state index contributed by atoms with van der Waals surface area (Å²) < 4.78 is 0. The van der Waals surface area contributed by atoms with Gasteiger partial charge in [0.2, 0.25) is 0 Å². The summed E-state index contributed by atoms with van der Waals surface area (Å²) in [4.78, 5) is 20.1. The SMILES string of the molecule is O=C(NCCCO)c1ccccc1CSc1nc2ccccc2[nH]1. The number of H-pyrrole nitrogens is 1. The normalized spacial score (nSPS) is 10.9. The molecule has 124 valence electrons. The first kappa shape index (κ1) is 16.5. The third kappa shape index (κ3) is 3.96. The van der Waals surface area contributed by atoms with Gasteiger partial charge in [0.15, 0.2) is 5.16 Å². The fourth-order valence-corrected chi connectivity index (χ4v) is 3.28. The lowest BCUT2D eigenvalue weighted by molar-refractivity contribution is 0.0950. The lowest BCUT2D eigenvalue weighted by Gasteiger charge is -2.09. The Labute approximate surface area is 144 Å². The molecule has 5 nitrogen and oxygen atoms in total. The Kier molecular flexibility index (Phi) is 5.51. The number of nitrogens with zero attached hydrogens (tertiary/aromatic N) is 1. The van der Waals surface area contributed by atoms with Crippen molar-refractivity contribution in [2.45, 2.75) is 17.3 Å². The number of aromatic nitrogens is 2. The summed E-state index contributed by atoms with van der Waals surface area (Å²) in [6.07, 6.45) is 0.557. The summed E-state index contributed by atoms with van der Waals surface area (Å²) in [5, 5.41) is 12.5. The minimum Gasteiger partial charge on any atom is -0.396 e. The number of aromatic amines is 1. The van der Waals surface area contributed by atoms with Crippen molar-refractivity contribution < 1.29 is 9.90 Å². The molecule has 6 heteroatoms. The number of benzene rings is 2. The number of carbonyl (C=O) groups excluding carboxylic acids is 1. The lowest BCUT2D eigenvalue weighted by Crippen LogP contribution is -2.25. The lowest BCUT2D eigenvalue weighted by atomic mass is 10.1. The van der Waals surface area contributed by atoms with Crippen molar-refractivity contribution in [2.75, 3.05) is 13.2 Å². The molecule has 24 heavy (non-hydrogen) atoms. The Morgan fingerprint density at radius 1 is 1.17 bits per heavy atom. The standard InChI is InChI=1S/C18H19N3O2S/c22-11-5-10-19-17(23)14-7-2-1-6-13(14)12-24-18-20-15-8-3-4-9-16(15)21-18/h1-4,6-9,22H,5,10-12H2,(H,19,23)(H,20,21). The fourth-order valence-electron chi connectivity index (χ4n) is 2.39. The maximum atomic E-state index is 12.3. The molecule has 0 radical (unpaired) electrons. The number of rotatable bonds is 7. The van der Waals surface area contributed by atoms with Gasteiger partial charge in [0, 0.05) is 24.5 Å². The van der Waals surface area contributed by atoms with Gasteiger partial charge in [0.25, 0.3) is 5.91 Å². The van der Waals surface area contributed by atoms with Crippen molar-refractivity contribution in [1.29, 1.82) is 0 Å². The summed E-state index contributed by atoms with van der Waals surface area (Å²) in [6, 6.07) is 15.5. The van der Waals surface area contributed by atoms with E-state index in [1.54, 1.807) is 11.8 Å². The van der Waals surface area contributed by atoms with Crippen molar-refractivity contribution in [1.82, 2.24) is 15.3 Å². The number of fused-ring (bicyclic) bond motifs is 1. The number of aliphatic hydroxyl groups excluding tert-OH is 1. The number of thioether (sulfide) groups is 1. The summed E-state index contributed by atoms with van der Waals surface area (Å²) in [7, 11) is 0. The van der Waals surface area contributed by atoms with Crippen LogP contribution >= 0.6 is 11.8 Å². The summed E-state index contributed by atoms with van der Waals surface area (Å²) >= 11 is 1.57. The molecule has 0 saturated carbocycles. The van der Waals surface area contributed by atoms with E-state index in [9.17, 15) is 4.79 Å². The van der Waals surface area contributed by atoms with E-state index in [1.165, 1.54) is 0 Å². The van der Waals surface area contributed by atoms with Gasteiger partial charge < -0.3 is 15.4 Å². The van der Waals surface area contributed by atoms with E-state index in [1.807, 2.05) is 48.5 Å². The van der Waals surface area contributed by atoms with Gasteiger partial charge in [-0.05, 0) is 30.2 Å². The highest BCUT2D eigenvalue weighted by molar-refractivity contribution is 7.98. The first-order valence-corrected chi connectivity index (χ1v) is 8.81. The summed E-state index contributed by atoms with van der Waals surface area (Å²) in [5.74, 6) is 0.549. The molecule has 3 N–H and O–H groups in total. The zero-order valence-corrected chi connectivity index (χ0v) is 14.0. The number of carbonyl (C=O) groups is 1. The molecule has 3 rings (SSSR count). The zero-order valence-electron chi connectivity index (χ0n) is 13.2. The minimum atomic E-state index is -0.107. The molecule has 1 heterocycles. The highest BCUT2D eigenvalue weighted by Crippen LogP contribution is 2.24. The molecule has 0 fully saturated rings. The second-order valence-electron chi connectivity index (χ2n) is 5.34. The summed E-state index contributed by atoms with van der Waals surface area (Å²) in [5.41, 5.74) is 3.58. The van der Waals surface area contributed by atoms with E-state index in [0.29, 0.717) is 24.3 Å². The van der Waals surface area contributed by atoms with Crippen LogP contribution in [0.3, 0.4) is 0 Å². The van der Waals surface area contributed by atoms with Gasteiger partial charge in [-0.2, -0.15) is 0 Å². The molecule has 0 bridgehead atoms. The monoisotopic (exact) mass is 341 g/mol. The van der Waals surface area contributed by atoms with Crippen LogP contribution in [0.5, 0.6) is 0 Å². The number of hydrogen-bond donors (Lipinski definition) is 3. The van der Waals surface area contributed by atoms with Gasteiger partial charge in [-0.3, -0.25) is 4.79 Å². The molecule has 2 aromatic carbocycles. The Morgan fingerprint density at radius 2 is 1.96 bits per heavy atom. The molecule has 0 aliphatic rings. The molecule has 0 aliphatic heterocycles. The Hall–Kier alpha value is -2.31. The number of nitrogens with one attached hydrogen (secondary N) is 2. The average molecular weight is 341 g/mol. The first-order valence-electron chi connectivity index (χ1n) is 7.82. The third-order valence-corrected chi connectivity index (χ3v) is 4.54. The molecule has 0 saturated heterocycles. The van der Waals surface area contributed by atoms with Crippen LogP contribution in [0.25, 0.3) is 11.0 Å². The van der Waals surface area contributed by atoms with Gasteiger partial charge in [-0.25, -0.2) is 4.98 Å². The largest absolute Gasteiger partial charge is 0.396 e. The number of imidazole rings is 1. The third-order valence-electron chi connectivity index (χ3n) is 3.61. The van der Waals surface area contributed by atoms with E-state index >= 15 is 0 Å². The Bertz CT molecular complexity index is 799. The van der Waals surface area contributed by atoms with Crippen molar-refractivity contribution >= 4 is 28.7 Å². The van der Waals surface area contributed by atoms with Crippen molar-refractivity contribution in [3.05, 3.63) is 59.7 Å². The van der Waals surface area contributed by atoms with E-state index in [2.05, 4.69) is 15.3 Å². The van der Waals surface area contributed by atoms with Gasteiger partial charge in [-0.1, -0.05) is 42.1 Å². The number of aliphatic hydroxyl groups is 1. The van der Waals surface area contributed by atoms with Crippen molar-refractivity contribution in [3.63, 3.8) is 0 Å². The van der Waals surface area contributed by atoms with E-state index < -0.39 is 0 Å². The highest BCUT2D eigenvalue weighted by atomic mass is 32.2. The molecule has 3 aromatic rings. The van der Waals surface area contributed by atoms with Crippen LogP contribution in [-0.4, -0.2) is 34.1 Å². The van der Waals surface area contributed by atoms with Crippen LogP contribution in [-0.2, 0) is 5.75 Å². The van der Waals surface area contributed by atoms with Crippen LogP contribution < -0.4 is 5.32 Å². The summed E-state index contributed by atoms with van der Waals surface area (Å²) in [6.45, 7) is 0.546. The molecular formula is C18H19N3O2S. The fraction of sp³-hybridized carbons (Fsp3) is 0.222. The second kappa shape index (κ2) is 7.99. The molecular weight excluding hydrogens is 322 g/mol. The maximum Gasteiger partial charge on any atom is 0.251 e. The van der Waals surface area contributed by atoms with E-state index in [0.717, 1.165) is 21.8 Å². The predicted octanol–water partition coefficient (Wildman–Crippen LogP) is 2.97. The first-order chi connectivity index (χ1) is 11.8. The molecule has 1 amide bonds. The van der Waals surface area contributed by atoms with Gasteiger partial charge >= 0.3 is 0 Å². The number of amides is 1. The van der Waals surface area contributed by atoms with Crippen LogP contribution in [0.4, 0.5) is 0 Å². The quantitative estimate of drug-likeness (QED) is 0.456. The van der Waals surface area contributed by atoms with Crippen LogP contribution in [0.2, 0.25) is 0 Å². The maximum absolute atomic E-state index is 12.3. The van der Waals surface area contributed by atoms with Gasteiger partial charge in [-0.15, -0.1) is 0 Å². The minimum absolute atomic E-state index is 0.0732. The van der Waals surface area contributed by atoms with Crippen LogP contribution in [0.15, 0.2) is 53.7 Å². The van der Waals surface area contributed by atoms with Gasteiger partial charge in [0.05, 0.1) is 11.0 Å². The second-order valence-corrected chi connectivity index (χ2v) is 6.30. The smallest absolute Gasteiger partial charge is 0.251 e. The number of hydrogen-bond acceptors (Lipinski definition) is 4.